The van der Waals surface area contributed by atoms with Crippen molar-refractivity contribution in [2.75, 3.05) is 30.0 Å². The summed E-state index contributed by atoms with van der Waals surface area (Å²) in [4.78, 5) is 10.3. The maximum absolute atomic E-state index is 10.3. The molecule has 0 aliphatic carbocycles. The Morgan fingerprint density at radius 1 is 1.14 bits per heavy atom. The number of hydrogen-bond donors (Lipinski definition) is 5. The first-order chi connectivity index (χ1) is 10.5. The first-order valence-corrected chi connectivity index (χ1v) is 6.49. The minimum atomic E-state index is -0.100. The summed E-state index contributed by atoms with van der Waals surface area (Å²) in [6, 6.07) is 7.69. The molecular weight excluding hydrogens is 286 g/mol. The molecule has 6 N–H and O–H groups in total. The fourth-order valence-corrected chi connectivity index (χ4v) is 1.93. The second kappa shape index (κ2) is 6.57. The van der Waals surface area contributed by atoms with Gasteiger partial charge in [0, 0.05) is 23.9 Å². The number of nitrogen functional groups attached to an aromatic ring is 1. The quantitative estimate of drug-likeness (QED) is 0.240. The average molecular weight is 303 g/mol. The van der Waals surface area contributed by atoms with E-state index >= 15 is 0 Å². The summed E-state index contributed by atoms with van der Waals surface area (Å²) >= 11 is 0. The van der Waals surface area contributed by atoms with Gasteiger partial charge in [0.05, 0.1) is 30.7 Å². The molecule has 0 aromatic heterocycles. The molecule has 0 radical (unpaired) electrons. The van der Waals surface area contributed by atoms with Crippen LogP contribution in [0.1, 0.15) is 0 Å². The molecule has 22 heavy (non-hydrogen) atoms. The molecule has 0 unspecified atom stereocenters. The van der Waals surface area contributed by atoms with Gasteiger partial charge in [-0.25, -0.2) is 0 Å². The lowest BCUT2D eigenvalue weighted by Gasteiger charge is -2.15. The van der Waals surface area contributed by atoms with Crippen molar-refractivity contribution in [1.82, 2.24) is 0 Å². The Kier molecular flexibility index (Phi) is 4.57. The van der Waals surface area contributed by atoms with Crippen molar-refractivity contribution in [2.45, 2.75) is 0 Å². The first kappa shape index (κ1) is 15.3. The van der Waals surface area contributed by atoms with Gasteiger partial charge in [0.1, 0.15) is 23.5 Å². The second-order valence-corrected chi connectivity index (χ2v) is 4.52. The molecule has 116 valence electrons. The molecule has 0 fully saturated rings. The van der Waals surface area contributed by atoms with E-state index in [-0.39, 0.29) is 29.4 Å². The van der Waals surface area contributed by atoms with Gasteiger partial charge in [-0.1, -0.05) is 0 Å². The number of anilines is 4. The van der Waals surface area contributed by atoms with Crippen LogP contribution >= 0.6 is 0 Å². The van der Waals surface area contributed by atoms with Crippen LogP contribution in [0.25, 0.3) is 0 Å². The van der Waals surface area contributed by atoms with Crippen LogP contribution in [0, 0.1) is 0 Å². The van der Waals surface area contributed by atoms with Gasteiger partial charge >= 0.3 is 0 Å². The molecule has 7 heteroatoms. The van der Waals surface area contributed by atoms with Gasteiger partial charge in [-0.2, -0.15) is 0 Å². The van der Waals surface area contributed by atoms with E-state index in [1.807, 2.05) is 0 Å². The zero-order valence-corrected chi connectivity index (χ0v) is 12.0. The molecule has 0 amide bonds. The Bertz CT molecular complexity index is 689. The minimum absolute atomic E-state index is 0.0333. The van der Waals surface area contributed by atoms with Gasteiger partial charge in [-0.3, -0.25) is 0 Å². The molecule has 0 aliphatic heterocycles. The minimum Gasteiger partial charge on any atom is -0.506 e. The lowest BCUT2D eigenvalue weighted by molar-refractivity contribution is -0.106. The van der Waals surface area contributed by atoms with E-state index in [2.05, 4.69) is 10.6 Å². The van der Waals surface area contributed by atoms with Crippen LogP contribution in [0.3, 0.4) is 0 Å². The maximum Gasteiger partial charge on any atom is 0.144 e. The van der Waals surface area contributed by atoms with E-state index < -0.39 is 0 Å². The number of ether oxygens (including phenoxy) is 1. The summed E-state index contributed by atoms with van der Waals surface area (Å²) in [7, 11) is 1.50. The molecule has 0 aliphatic rings. The van der Waals surface area contributed by atoms with Gasteiger partial charge in [-0.15, -0.1) is 0 Å². The van der Waals surface area contributed by atoms with Crippen molar-refractivity contribution in [3.8, 4) is 17.2 Å². The summed E-state index contributed by atoms with van der Waals surface area (Å²) in [6.45, 7) is 0.0333. The van der Waals surface area contributed by atoms with Gasteiger partial charge < -0.3 is 36.1 Å². The van der Waals surface area contributed by atoms with Crippen molar-refractivity contribution in [2.24, 2.45) is 0 Å². The van der Waals surface area contributed by atoms with E-state index in [1.165, 1.54) is 19.2 Å². The number of carbonyl (C=O) groups is 1. The molecule has 7 nitrogen and oxygen atoms in total. The number of methoxy groups -OCH3 is 1. The largest absolute Gasteiger partial charge is 0.506 e. The number of aromatic hydroxyl groups is 2. The lowest BCUT2D eigenvalue weighted by atomic mass is 10.2. The van der Waals surface area contributed by atoms with E-state index in [1.54, 1.807) is 18.2 Å². The van der Waals surface area contributed by atoms with Crippen LogP contribution in [0.2, 0.25) is 0 Å². The second-order valence-electron chi connectivity index (χ2n) is 4.52. The van der Waals surface area contributed by atoms with Crippen LogP contribution in [0.4, 0.5) is 22.7 Å². The van der Waals surface area contributed by atoms with Crippen LogP contribution in [-0.2, 0) is 4.79 Å². The molecule has 2 aromatic rings. The number of nitrogens with two attached hydrogens (primary N) is 1. The molecule has 2 aromatic carbocycles. The van der Waals surface area contributed by atoms with Gasteiger partial charge in [0.25, 0.3) is 0 Å². The maximum atomic E-state index is 10.3. The molecule has 0 spiro atoms. The highest BCUT2D eigenvalue weighted by atomic mass is 16.5. The predicted octanol–water partition coefficient (Wildman–Crippen LogP) is 2.04. The van der Waals surface area contributed by atoms with Crippen LogP contribution in [-0.4, -0.2) is 30.2 Å². The summed E-state index contributed by atoms with van der Waals surface area (Å²) in [6.07, 6.45) is 0.655. The van der Waals surface area contributed by atoms with Gasteiger partial charge in [-0.05, 0) is 12.1 Å². The van der Waals surface area contributed by atoms with E-state index in [0.717, 1.165) is 0 Å². The normalized spacial score (nSPS) is 10.0. The summed E-state index contributed by atoms with van der Waals surface area (Å²) in [5.41, 5.74) is 7.36. The molecular formula is C15H17N3O4. The van der Waals surface area contributed by atoms with Crippen molar-refractivity contribution in [1.29, 1.82) is 0 Å². The number of phenolic OH excluding ortho intramolecular Hbond substituents is 2. The highest BCUT2D eigenvalue weighted by molar-refractivity contribution is 5.77. The molecule has 0 bridgehead atoms. The van der Waals surface area contributed by atoms with Gasteiger partial charge in [0.2, 0.25) is 0 Å². The standard InChI is InChI=1S/C15H17N3O4/c1-22-15-6-9(16)2-3-10(15)18-12-8-13(20)11(7-14(12)21)17-4-5-19/h2-3,5-8,17-18,20-21H,4,16H2,1H3. The summed E-state index contributed by atoms with van der Waals surface area (Å²) < 4.78 is 5.21. The third-order valence-corrected chi connectivity index (χ3v) is 2.98. The van der Waals surface area contributed by atoms with Crippen LogP contribution in [0.5, 0.6) is 17.2 Å². The van der Waals surface area contributed by atoms with Crippen molar-refractivity contribution in [3.05, 3.63) is 30.3 Å². The van der Waals surface area contributed by atoms with Crippen LogP contribution in [0.15, 0.2) is 30.3 Å². The third-order valence-electron chi connectivity index (χ3n) is 2.98. The van der Waals surface area contributed by atoms with E-state index in [9.17, 15) is 15.0 Å². The van der Waals surface area contributed by atoms with E-state index in [0.29, 0.717) is 23.4 Å². The number of rotatable bonds is 6. The molecule has 2 rings (SSSR count). The Balaban J connectivity index is 2.30. The number of hydrogen-bond acceptors (Lipinski definition) is 7. The number of benzene rings is 2. The molecule has 0 heterocycles. The summed E-state index contributed by atoms with van der Waals surface area (Å²) in [5.74, 6) is 0.309. The first-order valence-electron chi connectivity index (χ1n) is 6.49. The Hall–Kier alpha value is -3.09. The monoisotopic (exact) mass is 303 g/mol. The highest BCUT2D eigenvalue weighted by Gasteiger charge is 2.11. The smallest absolute Gasteiger partial charge is 0.144 e. The number of nitrogens with one attached hydrogen (secondary N) is 2. The number of aldehydes is 1. The molecule has 0 saturated carbocycles. The Morgan fingerprint density at radius 2 is 1.82 bits per heavy atom. The van der Waals surface area contributed by atoms with Gasteiger partial charge in [0.15, 0.2) is 0 Å². The van der Waals surface area contributed by atoms with E-state index in [4.69, 9.17) is 10.5 Å². The topological polar surface area (TPSA) is 117 Å². The Morgan fingerprint density at radius 3 is 2.50 bits per heavy atom. The fourth-order valence-electron chi connectivity index (χ4n) is 1.93. The van der Waals surface area contributed by atoms with Crippen molar-refractivity contribution < 1.29 is 19.7 Å². The zero-order valence-electron chi connectivity index (χ0n) is 12.0. The fraction of sp³-hybridized carbons (Fsp3) is 0.133. The van der Waals surface area contributed by atoms with Crippen molar-refractivity contribution in [3.63, 3.8) is 0 Å². The highest BCUT2D eigenvalue weighted by Crippen LogP contribution is 2.38. The Labute approximate surface area is 127 Å². The zero-order chi connectivity index (χ0) is 16.1. The van der Waals surface area contributed by atoms with Crippen LogP contribution < -0.4 is 21.1 Å². The predicted molar refractivity (Wildman–Crippen MR) is 85.0 cm³/mol. The summed E-state index contributed by atoms with van der Waals surface area (Å²) in [5, 5.41) is 25.6. The molecule has 0 saturated heterocycles. The average Bonchev–Trinajstić information content (AvgIpc) is 2.50. The lowest BCUT2D eigenvalue weighted by Crippen LogP contribution is -2.03. The van der Waals surface area contributed by atoms with Crippen molar-refractivity contribution >= 4 is 29.0 Å². The number of phenols is 2. The third kappa shape index (κ3) is 3.32. The SMILES string of the molecule is COc1cc(N)ccc1Nc1cc(O)c(NCC=O)cc1O. The number of carbonyl (C=O) groups excluding carboxylic acids is 1. The molecule has 0 atom stereocenters.